The molecule has 0 saturated carbocycles. The Bertz CT molecular complexity index is 617. The number of benzene rings is 1. The summed E-state index contributed by atoms with van der Waals surface area (Å²) in [5.41, 5.74) is 0.0790. The van der Waals surface area contributed by atoms with Crippen LogP contribution in [0.2, 0.25) is 0 Å². The van der Waals surface area contributed by atoms with E-state index >= 15 is 0 Å². The van der Waals surface area contributed by atoms with E-state index in [1.54, 1.807) is 33.8 Å². The molecule has 0 unspecified atom stereocenters. The molecule has 4 nitrogen and oxygen atoms in total. The number of hydrogen-bond acceptors (Lipinski definition) is 4. The van der Waals surface area contributed by atoms with E-state index in [2.05, 4.69) is 15.9 Å². The predicted octanol–water partition coefficient (Wildman–Crippen LogP) is 3.64. The fraction of sp³-hybridized carbons (Fsp3) is 0.417. The van der Waals surface area contributed by atoms with Crippen LogP contribution in [0.25, 0.3) is 0 Å². The number of carbonyl (C=O) groups excluding carboxylic acids is 1. The molecule has 19 heavy (non-hydrogen) atoms. The van der Waals surface area contributed by atoms with Crippen LogP contribution >= 0.6 is 26.6 Å². The fourth-order valence-corrected chi connectivity index (χ4v) is 3.53. The summed E-state index contributed by atoms with van der Waals surface area (Å²) in [5.74, 6) is -0.593. The van der Waals surface area contributed by atoms with Crippen molar-refractivity contribution < 1.29 is 17.9 Å². The highest BCUT2D eigenvalue weighted by molar-refractivity contribution is 9.10. The van der Waals surface area contributed by atoms with E-state index in [0.29, 0.717) is 10.0 Å². The lowest BCUT2D eigenvalue weighted by Crippen LogP contribution is -2.24. The first-order chi connectivity index (χ1) is 8.42. The highest BCUT2D eigenvalue weighted by Crippen LogP contribution is 2.30. The van der Waals surface area contributed by atoms with Crippen LogP contribution in [0.15, 0.2) is 21.5 Å². The van der Waals surface area contributed by atoms with Gasteiger partial charge in [0.05, 0.1) is 10.5 Å². The molecule has 7 heteroatoms. The monoisotopic (exact) mass is 368 g/mol. The molecular formula is C12H14BrClO4S. The Balaban J connectivity index is 3.33. The minimum Gasteiger partial charge on any atom is -0.456 e. The first-order valence-corrected chi connectivity index (χ1v) is 8.50. The third kappa shape index (κ3) is 4.47. The van der Waals surface area contributed by atoms with Crippen molar-refractivity contribution in [1.82, 2.24) is 0 Å². The second-order valence-electron chi connectivity index (χ2n) is 5.05. The zero-order chi connectivity index (χ0) is 15.0. The Kier molecular flexibility index (Phi) is 4.70. The van der Waals surface area contributed by atoms with Gasteiger partial charge in [0.25, 0.3) is 9.05 Å². The average molecular weight is 370 g/mol. The van der Waals surface area contributed by atoms with Crippen LogP contribution in [0, 0.1) is 6.92 Å². The summed E-state index contributed by atoms with van der Waals surface area (Å²) < 4.78 is 28.4. The summed E-state index contributed by atoms with van der Waals surface area (Å²) in [6.07, 6.45) is 0. The quantitative estimate of drug-likeness (QED) is 0.590. The molecule has 0 aliphatic carbocycles. The molecule has 0 radical (unpaired) electrons. The number of halogens is 2. The maximum absolute atomic E-state index is 11.9. The van der Waals surface area contributed by atoms with Gasteiger partial charge < -0.3 is 4.74 Å². The van der Waals surface area contributed by atoms with E-state index in [9.17, 15) is 13.2 Å². The van der Waals surface area contributed by atoms with Crippen molar-refractivity contribution in [3.63, 3.8) is 0 Å². The highest BCUT2D eigenvalue weighted by atomic mass is 79.9. The molecule has 106 valence electrons. The number of rotatable bonds is 2. The molecule has 1 aromatic rings. The van der Waals surface area contributed by atoms with E-state index in [0.717, 1.165) is 0 Å². The van der Waals surface area contributed by atoms with E-state index in [-0.39, 0.29) is 10.5 Å². The summed E-state index contributed by atoms with van der Waals surface area (Å²) >= 11 is 3.14. The average Bonchev–Trinajstić information content (AvgIpc) is 2.17. The van der Waals surface area contributed by atoms with Gasteiger partial charge in [-0.1, -0.05) is 0 Å². The summed E-state index contributed by atoms with van der Waals surface area (Å²) in [4.78, 5) is 11.8. The van der Waals surface area contributed by atoms with Gasteiger partial charge in [-0.15, -0.1) is 0 Å². The molecule has 1 rings (SSSR count). The first-order valence-electron chi connectivity index (χ1n) is 5.40. The Labute approximate surface area is 125 Å². The molecule has 0 aromatic heterocycles. The van der Waals surface area contributed by atoms with Crippen molar-refractivity contribution in [3.8, 4) is 0 Å². The van der Waals surface area contributed by atoms with Crippen LogP contribution in [0.1, 0.15) is 36.7 Å². The van der Waals surface area contributed by atoms with Gasteiger partial charge >= 0.3 is 5.97 Å². The molecule has 0 aliphatic heterocycles. The van der Waals surface area contributed by atoms with Crippen molar-refractivity contribution in [1.29, 1.82) is 0 Å². The fourth-order valence-electron chi connectivity index (χ4n) is 1.37. The maximum atomic E-state index is 11.9. The second kappa shape index (κ2) is 5.42. The van der Waals surface area contributed by atoms with Crippen LogP contribution < -0.4 is 0 Å². The minimum atomic E-state index is -3.94. The van der Waals surface area contributed by atoms with Crippen molar-refractivity contribution >= 4 is 41.6 Å². The van der Waals surface area contributed by atoms with Gasteiger partial charge in [0.1, 0.15) is 5.60 Å². The minimum absolute atomic E-state index is 0.143. The lowest BCUT2D eigenvalue weighted by molar-refractivity contribution is 0.00691. The number of hydrogen-bond donors (Lipinski definition) is 0. The van der Waals surface area contributed by atoms with Crippen molar-refractivity contribution in [2.45, 2.75) is 38.2 Å². The van der Waals surface area contributed by atoms with Gasteiger partial charge in [-0.05, 0) is 61.3 Å². The van der Waals surface area contributed by atoms with E-state index in [4.69, 9.17) is 15.4 Å². The van der Waals surface area contributed by atoms with Crippen LogP contribution in [0.3, 0.4) is 0 Å². The van der Waals surface area contributed by atoms with Crippen LogP contribution in [0.4, 0.5) is 0 Å². The van der Waals surface area contributed by atoms with Gasteiger partial charge in [0.2, 0.25) is 0 Å². The lowest BCUT2D eigenvalue weighted by atomic mass is 10.1. The Morgan fingerprint density at radius 3 is 2.26 bits per heavy atom. The molecule has 0 heterocycles. The van der Waals surface area contributed by atoms with Crippen molar-refractivity contribution in [3.05, 3.63) is 27.7 Å². The summed E-state index contributed by atoms with van der Waals surface area (Å²) in [5, 5.41) is 0. The van der Waals surface area contributed by atoms with Gasteiger partial charge in [0.15, 0.2) is 0 Å². The zero-order valence-electron chi connectivity index (χ0n) is 11.0. The van der Waals surface area contributed by atoms with Gasteiger partial charge in [-0.2, -0.15) is 0 Å². The Morgan fingerprint density at radius 2 is 1.84 bits per heavy atom. The first kappa shape index (κ1) is 16.5. The Morgan fingerprint density at radius 1 is 1.32 bits per heavy atom. The molecule has 0 bridgehead atoms. The lowest BCUT2D eigenvalue weighted by Gasteiger charge is -2.20. The van der Waals surface area contributed by atoms with Crippen LogP contribution in [-0.4, -0.2) is 20.0 Å². The third-order valence-corrected chi connectivity index (χ3v) is 4.78. The molecule has 0 N–H and O–H groups in total. The predicted molar refractivity (Wildman–Crippen MR) is 77.1 cm³/mol. The van der Waals surface area contributed by atoms with Crippen molar-refractivity contribution in [2.24, 2.45) is 0 Å². The molecule has 0 atom stereocenters. The smallest absolute Gasteiger partial charge is 0.338 e. The van der Waals surface area contributed by atoms with Crippen LogP contribution in [-0.2, 0) is 13.8 Å². The van der Waals surface area contributed by atoms with Crippen molar-refractivity contribution in [2.75, 3.05) is 0 Å². The summed E-state index contributed by atoms with van der Waals surface area (Å²) in [7, 11) is 1.40. The van der Waals surface area contributed by atoms with E-state index < -0.39 is 20.6 Å². The van der Waals surface area contributed by atoms with Gasteiger partial charge in [-0.25, -0.2) is 13.2 Å². The number of carbonyl (C=O) groups is 1. The standard InChI is InChI=1S/C12H14BrClO4S/c1-7-5-8(11(15)18-12(2,3)4)6-9(10(7)13)19(14,16)17/h5-6H,1-4H3. The summed E-state index contributed by atoms with van der Waals surface area (Å²) in [6, 6.07) is 2.75. The number of esters is 1. The SMILES string of the molecule is Cc1cc(C(=O)OC(C)(C)C)cc(S(=O)(=O)Cl)c1Br. The molecule has 0 amide bonds. The topological polar surface area (TPSA) is 60.4 Å². The number of aryl methyl sites for hydroxylation is 1. The van der Waals surface area contributed by atoms with E-state index in [1.807, 2.05) is 0 Å². The molecule has 0 saturated heterocycles. The Hall–Kier alpha value is -0.590. The molecular weight excluding hydrogens is 356 g/mol. The molecule has 0 aliphatic rings. The van der Waals surface area contributed by atoms with Crippen LogP contribution in [0.5, 0.6) is 0 Å². The van der Waals surface area contributed by atoms with Gasteiger partial charge in [-0.3, -0.25) is 0 Å². The largest absolute Gasteiger partial charge is 0.456 e. The number of ether oxygens (including phenoxy) is 1. The highest BCUT2D eigenvalue weighted by Gasteiger charge is 2.23. The molecule has 0 spiro atoms. The molecule has 1 aromatic carbocycles. The molecule has 0 fully saturated rings. The van der Waals surface area contributed by atoms with E-state index in [1.165, 1.54) is 6.07 Å². The third-order valence-electron chi connectivity index (χ3n) is 2.12. The maximum Gasteiger partial charge on any atom is 0.338 e. The zero-order valence-corrected chi connectivity index (χ0v) is 14.1. The normalized spacial score (nSPS) is 12.3. The summed E-state index contributed by atoms with van der Waals surface area (Å²) in [6.45, 7) is 6.87. The van der Waals surface area contributed by atoms with Gasteiger partial charge in [0, 0.05) is 15.2 Å². The second-order valence-corrected chi connectivity index (χ2v) is 8.37.